The van der Waals surface area contributed by atoms with Crippen LogP contribution in [-0.4, -0.2) is 9.13 Å². The Kier molecular flexibility index (Phi) is 26.7. The molecule has 0 aliphatic heterocycles. The van der Waals surface area contributed by atoms with E-state index in [0.717, 1.165) is 17.5 Å². The average molecular weight is 1580 g/mol. The van der Waals surface area contributed by atoms with Crippen molar-refractivity contribution in [1.29, 1.82) is 10.5 Å². The lowest BCUT2D eigenvalue weighted by atomic mass is 9.79. The minimum Gasteiger partial charge on any atom is -0.309 e. The molecule has 1 aliphatic rings. The zero-order chi connectivity index (χ0) is 87.1. The molecule has 0 saturated heterocycles. The molecule has 0 N–H and O–H groups in total. The van der Waals surface area contributed by atoms with Crippen molar-refractivity contribution in [3.05, 3.63) is 382 Å². The van der Waals surface area contributed by atoms with Crippen molar-refractivity contribution < 1.29 is 0 Å². The summed E-state index contributed by atoms with van der Waals surface area (Å²) < 4.78 is 4.73. The first-order chi connectivity index (χ1) is 56.5. The molecule has 4 heteroatoms. The van der Waals surface area contributed by atoms with Gasteiger partial charge in [-0.2, -0.15) is 10.5 Å². The molecule has 1 aliphatic carbocycles. The number of benzene rings is 14. The monoisotopic (exact) mass is 1580 g/mol. The van der Waals surface area contributed by atoms with Crippen LogP contribution in [0, 0.1) is 29.6 Å². The number of nitrogens with zero attached hydrogens (tertiary/aromatic N) is 4. The summed E-state index contributed by atoms with van der Waals surface area (Å²) in [6.45, 7) is 56.1. The van der Waals surface area contributed by atoms with Crippen LogP contribution in [0.25, 0.3) is 87.7 Å². The van der Waals surface area contributed by atoms with Crippen LogP contribution in [0.3, 0.4) is 0 Å². The first kappa shape index (κ1) is 89.0. The van der Waals surface area contributed by atoms with Gasteiger partial charge in [-0.15, -0.1) is 0 Å². The molecular weight excluding hydrogens is 1450 g/mol. The Morgan fingerprint density at radius 3 is 1.21 bits per heavy atom. The van der Waals surface area contributed by atoms with Gasteiger partial charge in [-0.25, -0.2) is 0 Å². The Morgan fingerprint density at radius 1 is 0.292 bits per heavy atom. The molecule has 0 atom stereocenters. The Morgan fingerprint density at radius 2 is 0.692 bits per heavy atom. The number of fused-ring (bicyclic) bond motifs is 12. The number of nitriles is 2. The number of hydrogen-bond donors (Lipinski definition) is 0. The molecule has 0 bridgehead atoms. The molecular formula is C116H128N4. The second-order valence-corrected chi connectivity index (χ2v) is 40.1. The lowest BCUT2D eigenvalue weighted by molar-refractivity contribution is 0.589. The third kappa shape index (κ3) is 20.4. The second-order valence-electron chi connectivity index (χ2n) is 40.1. The van der Waals surface area contributed by atoms with Gasteiger partial charge >= 0.3 is 0 Å². The van der Waals surface area contributed by atoms with Gasteiger partial charge in [-0.1, -0.05) is 408 Å². The van der Waals surface area contributed by atoms with Crippen molar-refractivity contribution in [3.63, 3.8) is 0 Å². The molecule has 0 saturated carbocycles. The zero-order valence-corrected chi connectivity index (χ0v) is 76.4. The molecule has 2 heterocycles. The third-order valence-electron chi connectivity index (χ3n) is 23.3. The van der Waals surface area contributed by atoms with Crippen molar-refractivity contribution in [3.8, 4) is 34.6 Å². The maximum Gasteiger partial charge on any atom is 0.0991 e. The first-order valence-electron chi connectivity index (χ1n) is 43.0. The summed E-state index contributed by atoms with van der Waals surface area (Å²) in [6, 6.07) is 114. The van der Waals surface area contributed by atoms with Crippen LogP contribution < -0.4 is 0 Å². The van der Waals surface area contributed by atoms with Gasteiger partial charge in [0.25, 0.3) is 0 Å². The van der Waals surface area contributed by atoms with Crippen LogP contribution in [0.15, 0.2) is 309 Å². The molecule has 17 rings (SSSR count). The number of hydrogen-bond acceptors (Lipinski definition) is 2. The van der Waals surface area contributed by atoms with Gasteiger partial charge in [0, 0.05) is 38.3 Å². The smallest absolute Gasteiger partial charge is 0.0991 e. The van der Waals surface area contributed by atoms with E-state index in [1.807, 2.05) is 42.5 Å². The van der Waals surface area contributed by atoms with Crippen LogP contribution in [0.4, 0.5) is 0 Å². The molecule has 0 radical (unpaired) electrons. The molecule has 14 aromatic carbocycles. The third-order valence-corrected chi connectivity index (χ3v) is 23.3. The number of aromatic nitrogens is 2. The second kappa shape index (κ2) is 36.0. The number of rotatable bonds is 3. The molecule has 0 fully saturated rings. The predicted molar refractivity (Wildman–Crippen MR) is 521 cm³/mol. The van der Waals surface area contributed by atoms with Crippen LogP contribution >= 0.6 is 0 Å². The summed E-state index contributed by atoms with van der Waals surface area (Å²) >= 11 is 0. The highest BCUT2D eigenvalue weighted by atomic mass is 15.0. The number of para-hydroxylation sites is 4. The van der Waals surface area contributed by atoms with Gasteiger partial charge in [0.2, 0.25) is 0 Å². The van der Waals surface area contributed by atoms with Crippen molar-refractivity contribution in [2.45, 2.75) is 223 Å². The van der Waals surface area contributed by atoms with Crippen molar-refractivity contribution in [2.24, 2.45) is 0 Å². The van der Waals surface area contributed by atoms with E-state index in [4.69, 9.17) is 10.5 Å². The van der Waals surface area contributed by atoms with Gasteiger partial charge in [0.15, 0.2) is 0 Å². The topological polar surface area (TPSA) is 57.4 Å². The van der Waals surface area contributed by atoms with E-state index in [1.165, 1.54) is 149 Å². The zero-order valence-electron chi connectivity index (χ0n) is 76.4. The lowest BCUT2D eigenvalue weighted by Gasteiger charge is -2.25. The van der Waals surface area contributed by atoms with Crippen LogP contribution in [-0.2, 0) is 49.7 Å². The Labute approximate surface area is 719 Å². The summed E-state index contributed by atoms with van der Waals surface area (Å²) in [4.78, 5) is 0. The molecule has 16 aromatic rings. The van der Waals surface area contributed by atoms with E-state index >= 15 is 0 Å². The SMILES string of the molecule is CC(C)(C)c1ccc(-n2c3ccccc3c3ccccc32)cc1.CC(C)(C)c1ccc(C#N)cc1.CC(C)(C)c1cccc(C#N)c1.CC(C)(C)c1cccc2c1c1ccccc1n2-c1ccccc1.CC(C)(C)c1cccc2ccc3ccccc3c12.CCc1ccc(C(C)(C)C)cc1.Cc1ccc2c(c1)C(C)(C)c1cccc(C(C)(C)C)c1-2. The van der Waals surface area contributed by atoms with E-state index in [-0.39, 0.29) is 43.3 Å². The van der Waals surface area contributed by atoms with Crippen LogP contribution in [0.2, 0.25) is 0 Å². The molecule has 0 amide bonds. The van der Waals surface area contributed by atoms with E-state index < -0.39 is 0 Å². The summed E-state index contributed by atoms with van der Waals surface area (Å²) in [6.07, 6.45) is 1.13. The van der Waals surface area contributed by atoms with E-state index in [2.05, 4.69) is 461 Å². The Bertz CT molecular complexity index is 6250. The van der Waals surface area contributed by atoms with E-state index in [1.54, 1.807) is 0 Å². The summed E-state index contributed by atoms with van der Waals surface area (Å²) in [5, 5.41) is 28.0. The standard InChI is InChI=1S/2C22H21N.C20H24.C18H18.C12H18.2C11H13N/c1-22(2,3)16-12-14-17(15-13-16)23-20-10-6-4-8-18(20)19-9-5-7-11-21(19)23;1-22(2,3)18-13-9-15-20-21(18)17-12-7-8-14-19(17)23(20)16-10-5-4-6-11-16;1-13-10-11-14-17(12-13)20(5,6)16-9-7-8-15(18(14)16)19(2,3)4;1-18(2,3)16-10-6-8-14-12-11-13-7-4-5-9-15(13)17(14)16;1-5-10-6-8-11(9-7-10)12(2,3)4;1-11(2,3)10-6-4-9(8-12)5-7-10;1-11(2,3)10-6-4-5-9(7-10)8-12/h2*4-15H,1-3H3;7-12H,1-6H3;4-12H,1-3H3;6-9H,5H2,1-4H3;2*4-7H,1-3H3. The summed E-state index contributed by atoms with van der Waals surface area (Å²) in [5.41, 5.74) is 28.5. The van der Waals surface area contributed by atoms with Crippen LogP contribution in [0.5, 0.6) is 0 Å². The van der Waals surface area contributed by atoms with Crippen molar-refractivity contribution in [1.82, 2.24) is 9.13 Å². The average Bonchev–Trinajstić information content (AvgIpc) is 1.60. The van der Waals surface area contributed by atoms with Gasteiger partial charge in [-0.05, 0) is 212 Å². The molecule has 612 valence electrons. The highest BCUT2D eigenvalue weighted by Crippen LogP contribution is 2.52. The van der Waals surface area contributed by atoms with Crippen molar-refractivity contribution in [2.75, 3.05) is 0 Å². The largest absolute Gasteiger partial charge is 0.309 e. The van der Waals surface area contributed by atoms with Gasteiger partial charge in [-0.3, -0.25) is 0 Å². The fourth-order valence-electron chi connectivity index (χ4n) is 16.4. The molecule has 4 nitrogen and oxygen atoms in total. The maximum absolute atomic E-state index is 8.68. The molecule has 0 unspecified atom stereocenters. The van der Waals surface area contributed by atoms with Crippen molar-refractivity contribution >= 4 is 65.2 Å². The summed E-state index contributed by atoms with van der Waals surface area (Å²) in [5.74, 6) is 0. The molecule has 120 heavy (non-hydrogen) atoms. The molecule has 2 aromatic heterocycles. The van der Waals surface area contributed by atoms with E-state index in [9.17, 15) is 0 Å². The minimum absolute atomic E-state index is 0.109. The minimum atomic E-state index is 0.109. The molecule has 0 spiro atoms. The highest BCUT2D eigenvalue weighted by molar-refractivity contribution is 6.12. The van der Waals surface area contributed by atoms with Gasteiger partial charge < -0.3 is 9.13 Å². The van der Waals surface area contributed by atoms with Crippen LogP contribution in [0.1, 0.15) is 238 Å². The fraction of sp³-hybridized carbons (Fsp3) is 0.293. The summed E-state index contributed by atoms with van der Waals surface area (Å²) in [7, 11) is 0. The first-order valence-corrected chi connectivity index (χ1v) is 43.0. The van der Waals surface area contributed by atoms with E-state index in [0.29, 0.717) is 0 Å². The number of aryl methyl sites for hydroxylation is 2. The normalized spacial score (nSPS) is 12.5. The predicted octanol–water partition coefficient (Wildman–Crippen LogP) is 32.3. The highest BCUT2D eigenvalue weighted by Gasteiger charge is 2.38. The van der Waals surface area contributed by atoms with Gasteiger partial charge in [0.05, 0.1) is 45.3 Å². The van der Waals surface area contributed by atoms with Gasteiger partial charge in [0.1, 0.15) is 0 Å². The Hall–Kier alpha value is -11.8. The lowest BCUT2D eigenvalue weighted by Crippen LogP contribution is -2.17. The quantitative estimate of drug-likeness (QED) is 0.166. The maximum atomic E-state index is 8.68. The fourth-order valence-corrected chi connectivity index (χ4v) is 16.4. The Balaban J connectivity index is 0.000000139.